The summed E-state index contributed by atoms with van der Waals surface area (Å²) in [6.07, 6.45) is 5.58. The van der Waals surface area contributed by atoms with E-state index < -0.39 is 0 Å². The maximum absolute atomic E-state index is 7.33. The Kier molecular flexibility index (Phi) is 4.24. The number of methoxy groups -OCH3 is 1. The molecule has 0 aliphatic carbocycles. The van der Waals surface area contributed by atoms with Gasteiger partial charge in [-0.3, -0.25) is 9.81 Å². The quantitative estimate of drug-likeness (QED) is 0.534. The van der Waals surface area contributed by atoms with Crippen molar-refractivity contribution in [3.63, 3.8) is 0 Å². The number of aromatic nitrogens is 4. The normalized spacial score (nSPS) is 10.8. The van der Waals surface area contributed by atoms with E-state index in [1.807, 2.05) is 4.90 Å². The number of nitrogens with one attached hydrogen (secondary N) is 1. The molecule has 0 atom stereocenters. The first-order valence-corrected chi connectivity index (χ1v) is 5.93. The van der Waals surface area contributed by atoms with Gasteiger partial charge in [0.15, 0.2) is 5.82 Å². The van der Waals surface area contributed by atoms with E-state index in [-0.39, 0.29) is 5.84 Å². The van der Waals surface area contributed by atoms with Crippen molar-refractivity contribution in [2.24, 2.45) is 5.73 Å². The predicted molar refractivity (Wildman–Crippen MR) is 71.4 cm³/mol. The standard InChI is InChI=1S/C11H17N7O/c1-19-7-6-17(4-2-9(12)13)10-11-16-15-8-18(11)5-3-14-10/h3,5,8H,2,4,6-7H2,1H3,(H3,12,13). The first kappa shape index (κ1) is 13.2. The molecule has 8 nitrogen and oxygen atoms in total. The third-order valence-electron chi connectivity index (χ3n) is 2.71. The second kappa shape index (κ2) is 6.10. The van der Waals surface area contributed by atoms with Crippen LogP contribution >= 0.6 is 0 Å². The summed E-state index contributed by atoms with van der Waals surface area (Å²) in [7, 11) is 1.65. The largest absolute Gasteiger partial charge is 0.388 e. The summed E-state index contributed by atoms with van der Waals surface area (Å²) in [5.74, 6) is 0.870. The molecule has 0 aliphatic rings. The number of rotatable bonds is 7. The average molecular weight is 263 g/mol. The minimum absolute atomic E-state index is 0.149. The number of nitrogens with zero attached hydrogens (tertiary/aromatic N) is 5. The van der Waals surface area contributed by atoms with E-state index in [9.17, 15) is 0 Å². The fraction of sp³-hybridized carbons (Fsp3) is 0.455. The van der Waals surface area contributed by atoms with E-state index >= 15 is 0 Å². The Hall–Kier alpha value is -2.22. The monoisotopic (exact) mass is 263 g/mol. The first-order chi connectivity index (χ1) is 9.22. The van der Waals surface area contributed by atoms with Gasteiger partial charge in [0.05, 0.1) is 12.4 Å². The topological polar surface area (TPSA) is 105 Å². The Morgan fingerprint density at radius 2 is 2.37 bits per heavy atom. The Morgan fingerprint density at radius 1 is 1.53 bits per heavy atom. The van der Waals surface area contributed by atoms with Crippen molar-refractivity contribution in [2.75, 3.05) is 31.7 Å². The molecule has 0 saturated carbocycles. The SMILES string of the molecule is COCCN(CCC(=N)N)c1nccn2cnnc12. The lowest BCUT2D eigenvalue weighted by atomic mass is 10.3. The highest BCUT2D eigenvalue weighted by Crippen LogP contribution is 2.16. The molecular weight excluding hydrogens is 246 g/mol. The van der Waals surface area contributed by atoms with Gasteiger partial charge in [0.2, 0.25) is 5.65 Å². The summed E-state index contributed by atoms with van der Waals surface area (Å²) in [6, 6.07) is 0. The second-order valence-corrected chi connectivity index (χ2v) is 4.07. The van der Waals surface area contributed by atoms with Crippen LogP contribution in [0.5, 0.6) is 0 Å². The number of hydrogen-bond donors (Lipinski definition) is 2. The maximum atomic E-state index is 7.33. The van der Waals surface area contributed by atoms with Crippen LogP contribution < -0.4 is 10.6 Å². The van der Waals surface area contributed by atoms with Gasteiger partial charge in [0.1, 0.15) is 6.33 Å². The van der Waals surface area contributed by atoms with E-state index in [4.69, 9.17) is 15.9 Å². The summed E-state index contributed by atoms with van der Waals surface area (Å²) >= 11 is 0. The van der Waals surface area contributed by atoms with Crippen molar-refractivity contribution in [3.05, 3.63) is 18.7 Å². The van der Waals surface area contributed by atoms with Crippen LogP contribution in [0.2, 0.25) is 0 Å². The highest BCUT2D eigenvalue weighted by atomic mass is 16.5. The van der Waals surface area contributed by atoms with Crippen molar-refractivity contribution in [1.82, 2.24) is 19.6 Å². The summed E-state index contributed by atoms with van der Waals surface area (Å²) in [4.78, 5) is 6.34. The van der Waals surface area contributed by atoms with Crippen molar-refractivity contribution in [2.45, 2.75) is 6.42 Å². The van der Waals surface area contributed by atoms with Crippen LogP contribution in [0.25, 0.3) is 5.65 Å². The summed E-state index contributed by atoms with van der Waals surface area (Å²) in [5, 5.41) is 15.3. The van der Waals surface area contributed by atoms with Gasteiger partial charge in [-0.15, -0.1) is 10.2 Å². The minimum Gasteiger partial charge on any atom is -0.388 e. The fourth-order valence-corrected chi connectivity index (χ4v) is 1.75. The van der Waals surface area contributed by atoms with Crippen LogP contribution in [0.1, 0.15) is 6.42 Å². The molecule has 0 unspecified atom stereocenters. The molecule has 2 aromatic rings. The maximum Gasteiger partial charge on any atom is 0.203 e. The van der Waals surface area contributed by atoms with Gasteiger partial charge in [0, 0.05) is 39.0 Å². The van der Waals surface area contributed by atoms with Crippen LogP contribution in [0, 0.1) is 5.41 Å². The van der Waals surface area contributed by atoms with Crippen molar-refractivity contribution >= 4 is 17.3 Å². The molecule has 0 bridgehead atoms. The molecule has 0 fully saturated rings. The molecule has 0 amide bonds. The number of hydrogen-bond acceptors (Lipinski definition) is 6. The van der Waals surface area contributed by atoms with Crippen LogP contribution in [0.3, 0.4) is 0 Å². The van der Waals surface area contributed by atoms with Crippen LogP contribution in [-0.4, -0.2) is 52.2 Å². The first-order valence-electron chi connectivity index (χ1n) is 5.93. The predicted octanol–water partition coefficient (Wildman–Crippen LogP) is -0.0968. The summed E-state index contributed by atoms with van der Waals surface area (Å²) in [6.45, 7) is 1.82. The zero-order chi connectivity index (χ0) is 13.7. The van der Waals surface area contributed by atoms with E-state index in [2.05, 4.69) is 15.2 Å². The Balaban J connectivity index is 2.25. The van der Waals surface area contributed by atoms with Gasteiger partial charge in [-0.05, 0) is 0 Å². The highest BCUT2D eigenvalue weighted by molar-refractivity contribution is 5.77. The van der Waals surface area contributed by atoms with Crippen LogP contribution in [0.4, 0.5) is 5.82 Å². The minimum atomic E-state index is 0.149. The van der Waals surface area contributed by atoms with Crippen molar-refractivity contribution in [1.29, 1.82) is 5.41 Å². The van der Waals surface area contributed by atoms with Gasteiger partial charge in [-0.2, -0.15) is 0 Å². The van der Waals surface area contributed by atoms with Gasteiger partial charge in [-0.1, -0.05) is 0 Å². The third kappa shape index (κ3) is 3.16. The third-order valence-corrected chi connectivity index (χ3v) is 2.71. The number of fused-ring (bicyclic) bond motifs is 1. The van der Waals surface area contributed by atoms with Crippen LogP contribution in [0.15, 0.2) is 18.7 Å². The van der Waals surface area contributed by atoms with Gasteiger partial charge >= 0.3 is 0 Å². The fourth-order valence-electron chi connectivity index (χ4n) is 1.75. The van der Waals surface area contributed by atoms with Crippen molar-refractivity contribution in [3.8, 4) is 0 Å². The zero-order valence-electron chi connectivity index (χ0n) is 10.8. The van der Waals surface area contributed by atoms with Gasteiger partial charge in [0.25, 0.3) is 0 Å². The van der Waals surface area contributed by atoms with E-state index in [0.29, 0.717) is 31.8 Å². The van der Waals surface area contributed by atoms with E-state index in [1.54, 1.807) is 30.2 Å². The lowest BCUT2D eigenvalue weighted by Gasteiger charge is -2.23. The number of ether oxygens (including phenoxy) is 1. The Labute approximate surface area is 110 Å². The Bertz CT molecular complexity index is 553. The molecular formula is C11H17N7O. The number of anilines is 1. The van der Waals surface area contributed by atoms with Crippen molar-refractivity contribution < 1.29 is 4.74 Å². The molecule has 2 rings (SSSR count). The molecule has 3 N–H and O–H groups in total. The molecule has 102 valence electrons. The molecule has 8 heteroatoms. The van der Waals surface area contributed by atoms with E-state index in [0.717, 1.165) is 5.82 Å². The molecule has 0 saturated heterocycles. The number of amidine groups is 1. The molecule has 0 radical (unpaired) electrons. The van der Waals surface area contributed by atoms with Crippen LogP contribution in [-0.2, 0) is 4.74 Å². The van der Waals surface area contributed by atoms with Gasteiger partial charge in [-0.25, -0.2) is 4.98 Å². The molecule has 2 aromatic heterocycles. The van der Waals surface area contributed by atoms with Gasteiger partial charge < -0.3 is 15.4 Å². The Morgan fingerprint density at radius 3 is 3.11 bits per heavy atom. The molecule has 0 aliphatic heterocycles. The molecule has 2 heterocycles. The number of nitrogens with two attached hydrogens (primary N) is 1. The molecule has 0 spiro atoms. The second-order valence-electron chi connectivity index (χ2n) is 4.07. The molecule has 19 heavy (non-hydrogen) atoms. The summed E-state index contributed by atoms with van der Waals surface area (Å²) < 4.78 is 6.90. The zero-order valence-corrected chi connectivity index (χ0v) is 10.8. The average Bonchev–Trinajstić information content (AvgIpc) is 2.87. The van der Waals surface area contributed by atoms with E-state index in [1.165, 1.54) is 0 Å². The highest BCUT2D eigenvalue weighted by Gasteiger charge is 2.13. The summed E-state index contributed by atoms with van der Waals surface area (Å²) in [5.41, 5.74) is 6.09. The molecule has 0 aromatic carbocycles. The smallest absolute Gasteiger partial charge is 0.203 e. The lowest BCUT2D eigenvalue weighted by Crippen LogP contribution is -2.32. The lowest BCUT2D eigenvalue weighted by molar-refractivity contribution is 0.205.